The Kier molecular flexibility index (Phi) is 4.68. The molecule has 1 aromatic carbocycles. The van der Waals surface area contributed by atoms with Gasteiger partial charge in [0.25, 0.3) is 5.69 Å². The minimum absolute atomic E-state index is 0.0176. The monoisotopic (exact) mass is 277 g/mol. The molecule has 2 N–H and O–H groups in total. The molecule has 108 valence electrons. The van der Waals surface area contributed by atoms with Crippen LogP contribution in [-0.2, 0) is 4.79 Å². The van der Waals surface area contributed by atoms with Gasteiger partial charge in [-0.2, -0.15) is 0 Å². The Hall–Kier alpha value is -1.95. The number of carbonyl (C=O) groups excluding carboxylic acids is 1. The first-order valence-electron chi connectivity index (χ1n) is 6.83. The lowest BCUT2D eigenvalue weighted by Gasteiger charge is -2.25. The SMILES string of the molecule is CC(C(=O)NC1CCNCC1)c1cccc([N+](=O)[O-])c1. The maximum atomic E-state index is 12.2. The van der Waals surface area contributed by atoms with E-state index in [9.17, 15) is 14.9 Å². The van der Waals surface area contributed by atoms with E-state index >= 15 is 0 Å². The highest BCUT2D eigenvalue weighted by Gasteiger charge is 2.21. The molecular formula is C14H19N3O3. The molecule has 0 spiro atoms. The maximum Gasteiger partial charge on any atom is 0.269 e. The molecule has 1 aliphatic heterocycles. The summed E-state index contributed by atoms with van der Waals surface area (Å²) >= 11 is 0. The average molecular weight is 277 g/mol. The van der Waals surface area contributed by atoms with Gasteiger partial charge in [-0.1, -0.05) is 12.1 Å². The van der Waals surface area contributed by atoms with Crippen molar-refractivity contribution in [2.75, 3.05) is 13.1 Å². The van der Waals surface area contributed by atoms with Gasteiger partial charge in [0.1, 0.15) is 0 Å². The second-order valence-electron chi connectivity index (χ2n) is 5.11. The van der Waals surface area contributed by atoms with Crippen molar-refractivity contribution >= 4 is 11.6 Å². The van der Waals surface area contributed by atoms with E-state index in [1.54, 1.807) is 19.1 Å². The van der Waals surface area contributed by atoms with Crippen LogP contribution in [0.1, 0.15) is 31.2 Å². The number of hydrogen-bond donors (Lipinski definition) is 2. The van der Waals surface area contributed by atoms with Gasteiger partial charge in [-0.05, 0) is 38.4 Å². The molecule has 20 heavy (non-hydrogen) atoms. The van der Waals surface area contributed by atoms with Crippen molar-refractivity contribution in [1.29, 1.82) is 0 Å². The predicted molar refractivity (Wildman–Crippen MR) is 75.5 cm³/mol. The second kappa shape index (κ2) is 6.47. The van der Waals surface area contributed by atoms with Crippen LogP contribution in [0.4, 0.5) is 5.69 Å². The molecule has 1 heterocycles. The summed E-state index contributed by atoms with van der Waals surface area (Å²) in [5, 5.41) is 17.0. The first kappa shape index (κ1) is 14.5. The van der Waals surface area contributed by atoms with E-state index in [0.29, 0.717) is 5.56 Å². The molecular weight excluding hydrogens is 258 g/mol. The highest BCUT2D eigenvalue weighted by molar-refractivity contribution is 5.83. The topological polar surface area (TPSA) is 84.3 Å². The molecule has 1 amide bonds. The smallest absolute Gasteiger partial charge is 0.269 e. The van der Waals surface area contributed by atoms with Gasteiger partial charge in [0.15, 0.2) is 0 Å². The first-order valence-corrected chi connectivity index (χ1v) is 6.83. The number of nitro groups is 1. The van der Waals surface area contributed by atoms with Crippen molar-refractivity contribution in [3.63, 3.8) is 0 Å². The van der Waals surface area contributed by atoms with Gasteiger partial charge in [-0.25, -0.2) is 0 Å². The van der Waals surface area contributed by atoms with Crippen LogP contribution in [0, 0.1) is 10.1 Å². The van der Waals surface area contributed by atoms with Crippen LogP contribution >= 0.6 is 0 Å². The number of piperidine rings is 1. The largest absolute Gasteiger partial charge is 0.353 e. The van der Waals surface area contributed by atoms with Gasteiger partial charge in [-0.15, -0.1) is 0 Å². The number of benzene rings is 1. The number of nitro benzene ring substituents is 1. The van der Waals surface area contributed by atoms with Crippen molar-refractivity contribution in [2.45, 2.75) is 31.7 Å². The lowest BCUT2D eigenvalue weighted by molar-refractivity contribution is -0.384. The zero-order valence-corrected chi connectivity index (χ0v) is 11.5. The van der Waals surface area contributed by atoms with Crippen LogP contribution < -0.4 is 10.6 Å². The van der Waals surface area contributed by atoms with Gasteiger partial charge < -0.3 is 10.6 Å². The summed E-state index contributed by atoms with van der Waals surface area (Å²) in [6, 6.07) is 6.46. The summed E-state index contributed by atoms with van der Waals surface area (Å²) < 4.78 is 0. The molecule has 6 heteroatoms. The quantitative estimate of drug-likeness (QED) is 0.646. The lowest BCUT2D eigenvalue weighted by Crippen LogP contribution is -2.44. The Morgan fingerprint density at radius 3 is 2.80 bits per heavy atom. The molecule has 0 radical (unpaired) electrons. The number of nitrogens with zero attached hydrogens (tertiary/aromatic N) is 1. The summed E-state index contributed by atoms with van der Waals surface area (Å²) in [6.45, 7) is 3.60. The molecule has 1 atom stereocenters. The third-order valence-electron chi connectivity index (χ3n) is 3.66. The van der Waals surface area contributed by atoms with Gasteiger partial charge >= 0.3 is 0 Å². The summed E-state index contributed by atoms with van der Waals surface area (Å²) in [5.41, 5.74) is 0.689. The molecule has 0 aromatic heterocycles. The Balaban J connectivity index is 2.02. The van der Waals surface area contributed by atoms with Gasteiger partial charge in [0, 0.05) is 18.2 Å². The molecule has 1 aromatic rings. The summed E-state index contributed by atoms with van der Waals surface area (Å²) in [5.74, 6) is -0.456. The molecule has 0 aliphatic carbocycles. The van der Waals surface area contributed by atoms with Crippen LogP contribution in [-0.4, -0.2) is 30.0 Å². The number of carbonyl (C=O) groups is 1. The normalized spacial score (nSPS) is 17.4. The minimum Gasteiger partial charge on any atom is -0.353 e. The van der Waals surface area contributed by atoms with Crippen molar-refractivity contribution in [2.24, 2.45) is 0 Å². The Bertz CT molecular complexity index is 498. The Labute approximate surface area is 117 Å². The maximum absolute atomic E-state index is 12.2. The van der Waals surface area contributed by atoms with E-state index in [1.165, 1.54) is 12.1 Å². The molecule has 1 fully saturated rings. The summed E-state index contributed by atoms with van der Waals surface area (Å²) in [4.78, 5) is 22.5. The standard InChI is InChI=1S/C14H19N3O3/c1-10(11-3-2-4-13(9-11)17(19)20)14(18)16-12-5-7-15-8-6-12/h2-4,9-10,12,15H,5-8H2,1H3,(H,16,18). The molecule has 1 aliphatic rings. The van der Waals surface area contributed by atoms with Crippen LogP contribution in [0.3, 0.4) is 0 Å². The number of rotatable bonds is 4. The van der Waals surface area contributed by atoms with Crippen molar-refractivity contribution in [3.8, 4) is 0 Å². The molecule has 0 saturated carbocycles. The predicted octanol–water partition coefficient (Wildman–Crippen LogP) is 1.57. The van der Waals surface area contributed by atoms with E-state index in [0.717, 1.165) is 25.9 Å². The van der Waals surface area contributed by atoms with Crippen LogP contribution in [0.25, 0.3) is 0 Å². The minimum atomic E-state index is -0.444. The number of nitrogens with one attached hydrogen (secondary N) is 2. The van der Waals surface area contributed by atoms with E-state index in [1.807, 2.05) is 0 Å². The van der Waals surface area contributed by atoms with E-state index in [2.05, 4.69) is 10.6 Å². The third-order valence-corrected chi connectivity index (χ3v) is 3.66. The fourth-order valence-corrected chi connectivity index (χ4v) is 2.35. The summed E-state index contributed by atoms with van der Waals surface area (Å²) in [7, 11) is 0. The first-order chi connectivity index (χ1) is 9.58. The zero-order valence-electron chi connectivity index (χ0n) is 11.5. The highest BCUT2D eigenvalue weighted by atomic mass is 16.6. The highest BCUT2D eigenvalue weighted by Crippen LogP contribution is 2.21. The Morgan fingerprint density at radius 1 is 1.45 bits per heavy atom. The van der Waals surface area contributed by atoms with E-state index in [4.69, 9.17) is 0 Å². The van der Waals surface area contributed by atoms with Crippen LogP contribution in [0.15, 0.2) is 24.3 Å². The average Bonchev–Trinajstić information content (AvgIpc) is 2.47. The van der Waals surface area contributed by atoms with E-state index < -0.39 is 4.92 Å². The molecule has 1 unspecified atom stereocenters. The number of non-ortho nitro benzene ring substituents is 1. The van der Waals surface area contributed by atoms with Crippen molar-refractivity contribution in [1.82, 2.24) is 10.6 Å². The molecule has 2 rings (SSSR count). The van der Waals surface area contributed by atoms with Gasteiger partial charge in [-0.3, -0.25) is 14.9 Å². The number of amides is 1. The number of hydrogen-bond acceptors (Lipinski definition) is 4. The lowest BCUT2D eigenvalue weighted by atomic mass is 9.98. The zero-order chi connectivity index (χ0) is 14.5. The van der Waals surface area contributed by atoms with Crippen LogP contribution in [0.5, 0.6) is 0 Å². The van der Waals surface area contributed by atoms with Crippen LogP contribution in [0.2, 0.25) is 0 Å². The molecule has 1 saturated heterocycles. The molecule has 6 nitrogen and oxygen atoms in total. The fraction of sp³-hybridized carbons (Fsp3) is 0.500. The second-order valence-corrected chi connectivity index (χ2v) is 5.11. The van der Waals surface area contributed by atoms with Gasteiger partial charge in [0.2, 0.25) is 5.91 Å². The Morgan fingerprint density at radius 2 is 2.15 bits per heavy atom. The van der Waals surface area contributed by atoms with Crippen molar-refractivity contribution < 1.29 is 9.72 Å². The fourth-order valence-electron chi connectivity index (χ4n) is 2.35. The van der Waals surface area contributed by atoms with Crippen molar-refractivity contribution in [3.05, 3.63) is 39.9 Å². The summed E-state index contributed by atoms with van der Waals surface area (Å²) in [6.07, 6.45) is 1.85. The molecule has 0 bridgehead atoms. The van der Waals surface area contributed by atoms with Gasteiger partial charge in [0.05, 0.1) is 10.8 Å². The third kappa shape index (κ3) is 3.54. The van der Waals surface area contributed by atoms with E-state index in [-0.39, 0.29) is 23.6 Å².